The van der Waals surface area contributed by atoms with Gasteiger partial charge < -0.3 is 20.2 Å². The van der Waals surface area contributed by atoms with E-state index in [1.165, 1.54) is 23.9 Å². The molecule has 4 aromatic rings. The molecule has 12 nitrogen and oxygen atoms in total. The molecular formula is C35H39N9O3. The first kappa shape index (κ1) is 31.6. The lowest BCUT2D eigenvalue weighted by Gasteiger charge is -2.29. The molecule has 0 saturated carbocycles. The zero-order valence-electron chi connectivity index (χ0n) is 26.6. The predicted molar refractivity (Wildman–Crippen MR) is 182 cm³/mol. The van der Waals surface area contributed by atoms with Crippen LogP contribution < -0.4 is 16.2 Å². The number of benzene rings is 1. The SMILES string of the molecule is CCN(C(=O)[C@@H]1CCN(CC(=O)N2CC=C(c3ccc(-c4cn(C)cn4)cc3)CC2)C1)c1ccc(N)c(C(=N)c2ccc(=O)[nH]c2)n1. The monoisotopic (exact) mass is 633 g/mol. The molecule has 3 aromatic heterocycles. The van der Waals surface area contributed by atoms with Crippen molar-refractivity contribution in [2.45, 2.75) is 19.8 Å². The van der Waals surface area contributed by atoms with Crippen LogP contribution in [0.2, 0.25) is 0 Å². The van der Waals surface area contributed by atoms with Crippen LogP contribution in [0.4, 0.5) is 11.5 Å². The van der Waals surface area contributed by atoms with Crippen LogP contribution in [0.5, 0.6) is 0 Å². The van der Waals surface area contributed by atoms with Crippen LogP contribution in [0.15, 0.2) is 78.1 Å². The van der Waals surface area contributed by atoms with Gasteiger partial charge >= 0.3 is 0 Å². The number of rotatable bonds is 9. The molecule has 0 bridgehead atoms. The lowest BCUT2D eigenvalue weighted by atomic mass is 9.98. The topological polar surface area (TPSA) is 157 Å². The highest BCUT2D eigenvalue weighted by Crippen LogP contribution is 2.27. The smallest absolute Gasteiger partial charge is 0.247 e. The summed E-state index contributed by atoms with van der Waals surface area (Å²) in [6, 6.07) is 14.6. The number of carbonyl (C=O) groups is 2. The van der Waals surface area contributed by atoms with Crippen LogP contribution >= 0.6 is 0 Å². The van der Waals surface area contributed by atoms with E-state index in [1.807, 2.05) is 29.6 Å². The second-order valence-corrected chi connectivity index (χ2v) is 12.0. The maximum absolute atomic E-state index is 13.7. The molecule has 1 atom stereocenters. The van der Waals surface area contributed by atoms with Crippen LogP contribution in [-0.4, -0.2) is 86.1 Å². The van der Waals surface area contributed by atoms with Crippen LogP contribution in [0.1, 0.15) is 36.6 Å². The van der Waals surface area contributed by atoms with Crippen molar-refractivity contribution in [3.63, 3.8) is 0 Å². The average Bonchev–Trinajstić information content (AvgIpc) is 3.75. The maximum atomic E-state index is 13.7. The van der Waals surface area contributed by atoms with Crippen molar-refractivity contribution in [3.8, 4) is 11.3 Å². The molecule has 2 aliphatic heterocycles. The van der Waals surface area contributed by atoms with Crippen molar-refractivity contribution in [3.05, 3.63) is 101 Å². The molecule has 5 heterocycles. The highest BCUT2D eigenvalue weighted by atomic mass is 16.2. The van der Waals surface area contributed by atoms with Gasteiger partial charge in [-0.05, 0) is 55.6 Å². The molecular weight excluding hydrogens is 594 g/mol. The number of likely N-dealkylation sites (tertiary alicyclic amines) is 1. The zero-order chi connectivity index (χ0) is 33.1. The van der Waals surface area contributed by atoms with Gasteiger partial charge in [-0.3, -0.25) is 29.6 Å². The highest BCUT2D eigenvalue weighted by molar-refractivity contribution is 6.12. The van der Waals surface area contributed by atoms with Crippen molar-refractivity contribution in [2.24, 2.45) is 13.0 Å². The molecule has 0 spiro atoms. The first-order chi connectivity index (χ1) is 22.7. The minimum atomic E-state index is -0.272. The van der Waals surface area contributed by atoms with Crippen LogP contribution in [0.25, 0.3) is 16.8 Å². The van der Waals surface area contributed by atoms with E-state index in [4.69, 9.17) is 11.1 Å². The van der Waals surface area contributed by atoms with Crippen molar-refractivity contribution >= 4 is 34.6 Å². The number of nitrogens with zero attached hydrogens (tertiary/aromatic N) is 6. The second kappa shape index (κ2) is 13.6. The largest absolute Gasteiger partial charge is 0.397 e. The average molecular weight is 634 g/mol. The summed E-state index contributed by atoms with van der Waals surface area (Å²) in [5, 5.41) is 8.60. The van der Waals surface area contributed by atoms with E-state index in [1.54, 1.807) is 23.4 Å². The van der Waals surface area contributed by atoms with E-state index < -0.39 is 0 Å². The number of pyridine rings is 2. The number of hydrogen-bond donors (Lipinski definition) is 3. The number of anilines is 2. The standard InChI is InChI=1S/C35H39N9O3/c1-3-44(30-10-9-28(36)34(40-30)33(37)26-8-11-31(45)38-18-26)35(47)27-12-15-42(19-27)21-32(46)43-16-13-24(14-17-43)23-4-6-25(7-5-23)29-20-41(2)22-39-29/h4-11,13,18,20,22,27,37H,3,12,14-17,19,21,36H2,1-2H3,(H,38,45)/t27-/m1/s1. The third-order valence-corrected chi connectivity index (χ3v) is 8.88. The van der Waals surface area contributed by atoms with Gasteiger partial charge in [0.1, 0.15) is 11.5 Å². The Labute approximate surface area is 273 Å². The number of nitrogens with one attached hydrogen (secondary N) is 2. The quantitative estimate of drug-likeness (QED) is 0.239. The van der Waals surface area contributed by atoms with Crippen molar-refractivity contribution in [2.75, 3.05) is 49.9 Å². The Kier molecular flexibility index (Phi) is 9.12. The van der Waals surface area contributed by atoms with Gasteiger partial charge in [0.2, 0.25) is 17.4 Å². The van der Waals surface area contributed by atoms with Crippen molar-refractivity contribution < 1.29 is 9.59 Å². The van der Waals surface area contributed by atoms with Gasteiger partial charge in [0.15, 0.2) is 0 Å². The van der Waals surface area contributed by atoms with E-state index in [-0.39, 0.29) is 41.2 Å². The molecule has 1 fully saturated rings. The number of imidazole rings is 1. The number of nitrogens with two attached hydrogens (primary N) is 1. The van der Waals surface area contributed by atoms with E-state index in [0.717, 1.165) is 23.2 Å². The molecule has 12 heteroatoms. The van der Waals surface area contributed by atoms with Crippen molar-refractivity contribution in [1.82, 2.24) is 29.3 Å². The zero-order valence-corrected chi connectivity index (χ0v) is 26.6. The van der Waals surface area contributed by atoms with Gasteiger partial charge in [-0.2, -0.15) is 0 Å². The van der Waals surface area contributed by atoms with E-state index >= 15 is 0 Å². The van der Waals surface area contributed by atoms with Crippen LogP contribution in [0, 0.1) is 11.3 Å². The predicted octanol–water partition coefficient (Wildman–Crippen LogP) is 3.16. The molecule has 0 unspecified atom stereocenters. The van der Waals surface area contributed by atoms with Gasteiger partial charge in [0.05, 0.1) is 35.9 Å². The first-order valence-corrected chi connectivity index (χ1v) is 15.8. The van der Waals surface area contributed by atoms with Crippen LogP contribution in [0.3, 0.4) is 0 Å². The van der Waals surface area contributed by atoms with E-state index in [2.05, 4.69) is 50.2 Å². The van der Waals surface area contributed by atoms with E-state index in [0.29, 0.717) is 56.2 Å². The highest BCUT2D eigenvalue weighted by Gasteiger charge is 2.34. The van der Waals surface area contributed by atoms with Crippen LogP contribution in [-0.2, 0) is 16.6 Å². The van der Waals surface area contributed by atoms with Gasteiger partial charge in [0.25, 0.3) is 0 Å². The molecule has 0 aliphatic carbocycles. The number of aryl methyl sites for hydroxylation is 1. The summed E-state index contributed by atoms with van der Waals surface area (Å²) in [6.45, 7) is 4.93. The van der Waals surface area contributed by atoms with Gasteiger partial charge in [-0.15, -0.1) is 0 Å². The summed E-state index contributed by atoms with van der Waals surface area (Å²) in [7, 11) is 1.96. The van der Waals surface area contributed by atoms with Gasteiger partial charge in [-0.25, -0.2) is 9.97 Å². The molecule has 0 radical (unpaired) electrons. The Bertz CT molecular complexity index is 1870. The normalized spacial score (nSPS) is 16.6. The maximum Gasteiger partial charge on any atom is 0.247 e. The molecule has 47 heavy (non-hydrogen) atoms. The Hall–Kier alpha value is -5.36. The molecule has 2 aliphatic rings. The molecule has 4 N–H and O–H groups in total. The van der Waals surface area contributed by atoms with Gasteiger partial charge in [-0.1, -0.05) is 30.3 Å². The van der Waals surface area contributed by atoms with E-state index in [9.17, 15) is 14.4 Å². The number of aromatic amines is 1. The fourth-order valence-electron chi connectivity index (χ4n) is 6.21. The molecule has 2 amide bonds. The number of aromatic nitrogens is 4. The summed E-state index contributed by atoms with van der Waals surface area (Å²) in [5.41, 5.74) is 11.4. The molecule has 1 aromatic carbocycles. The summed E-state index contributed by atoms with van der Waals surface area (Å²) >= 11 is 0. The molecule has 6 rings (SSSR count). The Morgan fingerprint density at radius 3 is 2.53 bits per heavy atom. The Balaban J connectivity index is 1.04. The lowest BCUT2D eigenvalue weighted by Crippen LogP contribution is -2.42. The number of hydrogen-bond acceptors (Lipinski definition) is 8. The van der Waals surface area contributed by atoms with Crippen molar-refractivity contribution in [1.29, 1.82) is 5.41 Å². The fourth-order valence-corrected chi connectivity index (χ4v) is 6.21. The van der Waals surface area contributed by atoms with Gasteiger partial charge in [0, 0.05) is 62.8 Å². The Morgan fingerprint density at radius 1 is 1.09 bits per heavy atom. The third kappa shape index (κ3) is 6.92. The summed E-state index contributed by atoms with van der Waals surface area (Å²) in [6.07, 6.45) is 8.80. The third-order valence-electron chi connectivity index (χ3n) is 8.88. The first-order valence-electron chi connectivity index (χ1n) is 15.8. The molecule has 242 valence electrons. The lowest BCUT2D eigenvalue weighted by molar-refractivity contribution is -0.132. The summed E-state index contributed by atoms with van der Waals surface area (Å²) in [4.78, 5) is 55.5. The minimum Gasteiger partial charge on any atom is -0.397 e. The minimum absolute atomic E-state index is 0.0489. The fraction of sp³-hybridized carbons (Fsp3) is 0.314. The second-order valence-electron chi connectivity index (χ2n) is 12.0. The summed E-state index contributed by atoms with van der Waals surface area (Å²) in [5.74, 6) is 0.136. The molecule has 1 saturated heterocycles. The number of amides is 2. The number of nitrogen functional groups attached to an aromatic ring is 1. The Morgan fingerprint density at radius 2 is 1.87 bits per heavy atom. The summed E-state index contributed by atoms with van der Waals surface area (Å²) < 4.78 is 1.93. The number of carbonyl (C=O) groups excluding carboxylic acids is 2. The number of H-pyrrole nitrogens is 1.